The van der Waals surface area contributed by atoms with E-state index in [0.717, 1.165) is 17.7 Å². The van der Waals surface area contributed by atoms with Gasteiger partial charge in [-0.25, -0.2) is 4.21 Å². The molecule has 3 nitrogen and oxygen atoms in total. The summed E-state index contributed by atoms with van der Waals surface area (Å²) >= 11 is 0. The number of benzene rings is 1. The van der Waals surface area contributed by atoms with E-state index in [1.807, 2.05) is 24.3 Å². The summed E-state index contributed by atoms with van der Waals surface area (Å²) in [6, 6.07) is 7.67. The van der Waals surface area contributed by atoms with Crippen LogP contribution in [0.5, 0.6) is 5.75 Å². The molecular formula is C9H13NO2S. The number of aryl methyl sites for hydroxylation is 1. The average Bonchev–Trinajstić information content (AvgIpc) is 2.15. The van der Waals surface area contributed by atoms with Crippen LogP contribution in [-0.4, -0.2) is 17.1 Å². The predicted molar refractivity (Wildman–Crippen MR) is 53.9 cm³/mol. The van der Waals surface area contributed by atoms with Crippen molar-refractivity contribution < 1.29 is 8.95 Å². The molecule has 0 fully saturated rings. The van der Waals surface area contributed by atoms with Gasteiger partial charge < -0.3 is 4.74 Å². The van der Waals surface area contributed by atoms with Crippen LogP contribution < -0.4 is 9.88 Å². The Bertz CT molecular complexity index is 284. The lowest BCUT2D eigenvalue weighted by atomic mass is 10.2. The summed E-state index contributed by atoms with van der Waals surface area (Å²) in [5.74, 6) is 1.34. The quantitative estimate of drug-likeness (QED) is 0.782. The SMILES string of the molecule is COc1ccc(CC[S@](N)=O)cc1. The molecule has 0 aliphatic rings. The van der Waals surface area contributed by atoms with Crippen LogP contribution in [0, 0.1) is 0 Å². The first-order valence-electron chi connectivity index (χ1n) is 3.98. The van der Waals surface area contributed by atoms with E-state index in [2.05, 4.69) is 0 Å². The molecule has 1 atom stereocenters. The number of rotatable bonds is 4. The molecule has 0 spiro atoms. The molecule has 0 amide bonds. The summed E-state index contributed by atoms with van der Waals surface area (Å²) in [7, 11) is 0.424. The van der Waals surface area contributed by atoms with Gasteiger partial charge in [0.25, 0.3) is 0 Å². The standard InChI is InChI=1S/C9H13NO2S/c1-12-9-4-2-8(3-5-9)6-7-13(10)11/h2-5H,6-7,10H2,1H3/t13-/m1/s1. The number of ether oxygens (including phenoxy) is 1. The summed E-state index contributed by atoms with van der Waals surface area (Å²) in [4.78, 5) is 0. The van der Waals surface area contributed by atoms with Gasteiger partial charge in [0.2, 0.25) is 0 Å². The Kier molecular flexibility index (Phi) is 3.92. The maximum absolute atomic E-state index is 10.6. The van der Waals surface area contributed by atoms with Gasteiger partial charge in [-0.15, -0.1) is 0 Å². The third-order valence-corrected chi connectivity index (χ3v) is 2.36. The second-order valence-electron chi connectivity index (χ2n) is 2.68. The average molecular weight is 199 g/mol. The minimum absolute atomic E-state index is 0.506. The van der Waals surface area contributed by atoms with Crippen LogP contribution in [0.15, 0.2) is 24.3 Å². The van der Waals surface area contributed by atoms with Crippen LogP contribution in [0.3, 0.4) is 0 Å². The number of hydrogen-bond donors (Lipinski definition) is 1. The van der Waals surface area contributed by atoms with Gasteiger partial charge in [0.15, 0.2) is 0 Å². The molecule has 0 heterocycles. The normalized spacial score (nSPS) is 12.5. The Morgan fingerprint density at radius 3 is 2.46 bits per heavy atom. The van der Waals surface area contributed by atoms with E-state index in [4.69, 9.17) is 9.88 Å². The summed E-state index contributed by atoms with van der Waals surface area (Å²) in [5, 5.41) is 5.14. The monoisotopic (exact) mass is 199 g/mol. The van der Waals surface area contributed by atoms with Crippen LogP contribution in [-0.2, 0) is 17.4 Å². The van der Waals surface area contributed by atoms with Gasteiger partial charge in [-0.05, 0) is 24.1 Å². The highest BCUT2D eigenvalue weighted by Crippen LogP contribution is 2.11. The van der Waals surface area contributed by atoms with Crippen molar-refractivity contribution >= 4 is 11.0 Å². The molecule has 1 aromatic carbocycles. The maximum atomic E-state index is 10.6. The van der Waals surface area contributed by atoms with E-state index in [-0.39, 0.29) is 0 Å². The van der Waals surface area contributed by atoms with Crippen molar-refractivity contribution in [3.63, 3.8) is 0 Å². The molecule has 0 unspecified atom stereocenters. The molecule has 2 N–H and O–H groups in total. The zero-order valence-electron chi connectivity index (χ0n) is 7.53. The van der Waals surface area contributed by atoms with Gasteiger partial charge in [-0.3, -0.25) is 5.14 Å². The fraction of sp³-hybridized carbons (Fsp3) is 0.333. The third-order valence-electron chi connectivity index (χ3n) is 1.75. The van der Waals surface area contributed by atoms with E-state index in [0.29, 0.717) is 5.75 Å². The lowest BCUT2D eigenvalue weighted by molar-refractivity contribution is 0.414. The highest BCUT2D eigenvalue weighted by molar-refractivity contribution is 7.82. The van der Waals surface area contributed by atoms with E-state index in [1.165, 1.54) is 0 Å². The zero-order chi connectivity index (χ0) is 9.68. The van der Waals surface area contributed by atoms with Crippen LogP contribution in [0.25, 0.3) is 0 Å². The minimum Gasteiger partial charge on any atom is -0.497 e. The minimum atomic E-state index is -1.20. The lowest BCUT2D eigenvalue weighted by Gasteiger charge is -2.01. The number of nitrogens with two attached hydrogens (primary N) is 1. The summed E-state index contributed by atoms with van der Waals surface area (Å²) in [5.41, 5.74) is 1.12. The first-order valence-corrected chi connectivity index (χ1v) is 5.36. The maximum Gasteiger partial charge on any atom is 0.118 e. The van der Waals surface area contributed by atoms with Crippen molar-refractivity contribution in [1.29, 1.82) is 0 Å². The molecule has 0 radical (unpaired) electrons. The lowest BCUT2D eigenvalue weighted by Crippen LogP contribution is -2.09. The predicted octanol–water partition coefficient (Wildman–Crippen LogP) is 0.860. The topological polar surface area (TPSA) is 52.3 Å². The molecule has 0 bridgehead atoms. The number of hydrogen-bond acceptors (Lipinski definition) is 2. The van der Waals surface area contributed by atoms with Crippen LogP contribution in [0.2, 0.25) is 0 Å². The van der Waals surface area contributed by atoms with Crippen molar-refractivity contribution in [2.45, 2.75) is 6.42 Å². The van der Waals surface area contributed by atoms with Crippen molar-refractivity contribution in [2.24, 2.45) is 5.14 Å². The van der Waals surface area contributed by atoms with E-state index in [9.17, 15) is 4.21 Å². The molecule has 0 saturated heterocycles. The molecular weight excluding hydrogens is 186 g/mol. The fourth-order valence-electron chi connectivity index (χ4n) is 1.01. The van der Waals surface area contributed by atoms with Crippen molar-refractivity contribution in [3.05, 3.63) is 29.8 Å². The Balaban J connectivity index is 2.54. The smallest absolute Gasteiger partial charge is 0.118 e. The summed E-state index contributed by atoms with van der Waals surface area (Å²) in [6.07, 6.45) is 0.743. The Hall–Kier alpha value is -0.870. The van der Waals surface area contributed by atoms with Gasteiger partial charge in [-0.2, -0.15) is 0 Å². The molecule has 1 rings (SSSR count). The van der Waals surface area contributed by atoms with E-state index >= 15 is 0 Å². The van der Waals surface area contributed by atoms with Gasteiger partial charge in [-0.1, -0.05) is 12.1 Å². The molecule has 0 aliphatic heterocycles. The van der Waals surface area contributed by atoms with Crippen LogP contribution in [0.1, 0.15) is 5.56 Å². The Labute approximate surface area is 80.5 Å². The molecule has 0 saturated carbocycles. The van der Waals surface area contributed by atoms with Crippen molar-refractivity contribution in [3.8, 4) is 5.75 Å². The second-order valence-corrected chi connectivity index (χ2v) is 3.85. The second kappa shape index (κ2) is 4.99. The molecule has 13 heavy (non-hydrogen) atoms. The fourth-order valence-corrected chi connectivity index (χ4v) is 1.45. The van der Waals surface area contributed by atoms with Gasteiger partial charge in [0.1, 0.15) is 5.75 Å². The van der Waals surface area contributed by atoms with Crippen LogP contribution >= 0.6 is 0 Å². The van der Waals surface area contributed by atoms with E-state index in [1.54, 1.807) is 7.11 Å². The van der Waals surface area contributed by atoms with E-state index < -0.39 is 11.0 Å². The number of methoxy groups -OCH3 is 1. The van der Waals surface area contributed by atoms with Crippen molar-refractivity contribution in [2.75, 3.05) is 12.9 Å². The highest BCUT2D eigenvalue weighted by atomic mass is 32.2. The molecule has 0 aromatic heterocycles. The Morgan fingerprint density at radius 2 is 2.00 bits per heavy atom. The first-order chi connectivity index (χ1) is 6.22. The van der Waals surface area contributed by atoms with Gasteiger partial charge >= 0.3 is 0 Å². The van der Waals surface area contributed by atoms with Gasteiger partial charge in [0, 0.05) is 5.75 Å². The van der Waals surface area contributed by atoms with Crippen LogP contribution in [0.4, 0.5) is 0 Å². The van der Waals surface area contributed by atoms with Gasteiger partial charge in [0.05, 0.1) is 18.1 Å². The summed E-state index contributed by atoms with van der Waals surface area (Å²) in [6.45, 7) is 0. The molecule has 72 valence electrons. The van der Waals surface area contributed by atoms with Crippen molar-refractivity contribution in [1.82, 2.24) is 0 Å². The molecule has 1 aromatic rings. The first kappa shape index (κ1) is 10.2. The Morgan fingerprint density at radius 1 is 1.38 bits per heavy atom. The third kappa shape index (κ3) is 3.57. The highest BCUT2D eigenvalue weighted by Gasteiger charge is 1.96. The largest absolute Gasteiger partial charge is 0.497 e. The molecule has 4 heteroatoms. The summed E-state index contributed by atoms with van der Waals surface area (Å²) < 4.78 is 15.6. The zero-order valence-corrected chi connectivity index (χ0v) is 8.34. The molecule has 0 aliphatic carbocycles.